The van der Waals surface area contributed by atoms with E-state index in [0.717, 1.165) is 25.0 Å². The second-order valence-corrected chi connectivity index (χ2v) is 5.85. The number of esters is 1. The molecule has 0 aromatic rings. The Morgan fingerprint density at radius 2 is 2.00 bits per heavy atom. The molecule has 17 heavy (non-hydrogen) atoms. The SMILES string of the molecule is CCC(SCCCCCF)C(=O)OCC(C)C. The van der Waals surface area contributed by atoms with E-state index in [9.17, 15) is 9.18 Å². The second kappa shape index (κ2) is 10.9. The third-order valence-corrected chi connectivity index (χ3v) is 3.74. The number of carbonyl (C=O) groups excluding carboxylic acids is 1. The minimum atomic E-state index is -0.238. The highest BCUT2D eigenvalue weighted by molar-refractivity contribution is 8.00. The van der Waals surface area contributed by atoms with Gasteiger partial charge in [-0.3, -0.25) is 9.18 Å². The molecule has 1 atom stereocenters. The van der Waals surface area contributed by atoms with Crippen LogP contribution in [-0.2, 0) is 9.53 Å². The zero-order valence-electron chi connectivity index (χ0n) is 11.2. The normalized spacial score (nSPS) is 12.8. The summed E-state index contributed by atoms with van der Waals surface area (Å²) in [7, 11) is 0. The van der Waals surface area contributed by atoms with Crippen LogP contribution in [0.25, 0.3) is 0 Å². The van der Waals surface area contributed by atoms with Crippen LogP contribution in [0.5, 0.6) is 0 Å². The highest BCUT2D eigenvalue weighted by Crippen LogP contribution is 2.18. The molecule has 4 heteroatoms. The summed E-state index contributed by atoms with van der Waals surface area (Å²) in [5, 5.41) is -0.0564. The zero-order valence-corrected chi connectivity index (χ0v) is 12.0. The number of hydrogen-bond donors (Lipinski definition) is 0. The van der Waals surface area contributed by atoms with Crippen LogP contribution in [-0.4, -0.2) is 30.3 Å². The number of unbranched alkanes of at least 4 members (excludes halogenated alkanes) is 2. The van der Waals surface area contributed by atoms with E-state index in [1.165, 1.54) is 0 Å². The number of halogens is 1. The van der Waals surface area contributed by atoms with Gasteiger partial charge < -0.3 is 4.74 Å². The van der Waals surface area contributed by atoms with Crippen LogP contribution in [0.1, 0.15) is 46.5 Å². The number of carbonyl (C=O) groups is 1. The summed E-state index contributed by atoms with van der Waals surface area (Å²) in [4.78, 5) is 11.7. The van der Waals surface area contributed by atoms with Gasteiger partial charge in [0.2, 0.25) is 0 Å². The van der Waals surface area contributed by atoms with Gasteiger partial charge in [-0.05, 0) is 30.9 Å². The fourth-order valence-electron chi connectivity index (χ4n) is 1.29. The van der Waals surface area contributed by atoms with Crippen LogP contribution in [0.2, 0.25) is 0 Å². The van der Waals surface area contributed by atoms with Gasteiger partial charge in [0, 0.05) is 0 Å². The topological polar surface area (TPSA) is 26.3 Å². The van der Waals surface area contributed by atoms with Gasteiger partial charge >= 0.3 is 5.97 Å². The predicted molar refractivity (Wildman–Crippen MR) is 72.2 cm³/mol. The Hall–Kier alpha value is -0.250. The van der Waals surface area contributed by atoms with E-state index in [1.54, 1.807) is 11.8 Å². The molecule has 0 saturated heterocycles. The molecule has 0 spiro atoms. The molecule has 0 saturated carbocycles. The lowest BCUT2D eigenvalue weighted by atomic mass is 10.2. The molecule has 0 aliphatic rings. The monoisotopic (exact) mass is 264 g/mol. The number of thioether (sulfide) groups is 1. The average Bonchev–Trinajstić information content (AvgIpc) is 2.31. The quantitative estimate of drug-likeness (QED) is 0.443. The lowest BCUT2D eigenvalue weighted by Crippen LogP contribution is -2.22. The lowest BCUT2D eigenvalue weighted by molar-refractivity contribution is -0.144. The summed E-state index contributed by atoms with van der Waals surface area (Å²) < 4.78 is 17.1. The first-order valence-corrected chi connectivity index (χ1v) is 7.50. The Labute approximate surface area is 109 Å². The van der Waals surface area contributed by atoms with E-state index in [0.29, 0.717) is 18.9 Å². The third-order valence-electron chi connectivity index (χ3n) is 2.29. The van der Waals surface area contributed by atoms with Gasteiger partial charge in [-0.1, -0.05) is 27.2 Å². The van der Waals surface area contributed by atoms with E-state index >= 15 is 0 Å². The first-order chi connectivity index (χ1) is 8.11. The zero-order chi connectivity index (χ0) is 13.1. The van der Waals surface area contributed by atoms with Crippen molar-refractivity contribution in [3.63, 3.8) is 0 Å². The molecule has 0 aliphatic heterocycles. The molecule has 0 radical (unpaired) electrons. The van der Waals surface area contributed by atoms with E-state index in [1.807, 2.05) is 20.8 Å². The van der Waals surface area contributed by atoms with Gasteiger partial charge in [0.15, 0.2) is 0 Å². The molecule has 0 aliphatic carbocycles. The van der Waals surface area contributed by atoms with E-state index < -0.39 is 0 Å². The summed E-state index contributed by atoms with van der Waals surface area (Å²) in [6.07, 6.45) is 3.31. The third kappa shape index (κ3) is 9.45. The van der Waals surface area contributed by atoms with Crippen LogP contribution in [0.3, 0.4) is 0 Å². The van der Waals surface area contributed by atoms with Crippen LogP contribution in [0, 0.1) is 5.92 Å². The minimum Gasteiger partial charge on any atom is -0.465 e. The molecule has 0 heterocycles. The van der Waals surface area contributed by atoms with Crippen molar-refractivity contribution in [2.45, 2.75) is 51.7 Å². The van der Waals surface area contributed by atoms with Crippen molar-refractivity contribution in [1.82, 2.24) is 0 Å². The van der Waals surface area contributed by atoms with Crippen LogP contribution in [0.15, 0.2) is 0 Å². The Bertz CT molecular complexity index is 198. The lowest BCUT2D eigenvalue weighted by Gasteiger charge is -2.14. The maximum atomic E-state index is 11.9. The number of ether oxygens (including phenoxy) is 1. The molecule has 0 bridgehead atoms. The summed E-state index contributed by atoms with van der Waals surface area (Å²) in [5.41, 5.74) is 0. The van der Waals surface area contributed by atoms with Gasteiger partial charge in [0.25, 0.3) is 0 Å². The van der Waals surface area contributed by atoms with Crippen molar-refractivity contribution in [2.75, 3.05) is 19.0 Å². The van der Waals surface area contributed by atoms with Gasteiger partial charge in [0.1, 0.15) is 5.25 Å². The summed E-state index contributed by atoms with van der Waals surface area (Å²) in [5.74, 6) is 1.19. The summed E-state index contributed by atoms with van der Waals surface area (Å²) in [6.45, 7) is 6.31. The van der Waals surface area contributed by atoms with Crippen molar-refractivity contribution in [3.8, 4) is 0 Å². The first-order valence-electron chi connectivity index (χ1n) is 6.46. The Morgan fingerprint density at radius 1 is 1.29 bits per heavy atom. The minimum absolute atomic E-state index is 0.0564. The number of hydrogen-bond acceptors (Lipinski definition) is 3. The molecular weight excluding hydrogens is 239 g/mol. The molecular formula is C13H25FO2S. The van der Waals surface area contributed by atoms with Crippen molar-refractivity contribution in [3.05, 3.63) is 0 Å². The van der Waals surface area contributed by atoms with Crippen molar-refractivity contribution in [1.29, 1.82) is 0 Å². The molecule has 102 valence electrons. The fraction of sp³-hybridized carbons (Fsp3) is 0.923. The largest absolute Gasteiger partial charge is 0.465 e. The Morgan fingerprint density at radius 3 is 2.53 bits per heavy atom. The molecule has 0 aromatic heterocycles. The highest BCUT2D eigenvalue weighted by atomic mass is 32.2. The molecule has 0 amide bonds. The first kappa shape index (κ1) is 16.8. The maximum Gasteiger partial charge on any atom is 0.319 e. The second-order valence-electron chi connectivity index (χ2n) is 4.54. The van der Waals surface area contributed by atoms with Gasteiger partial charge in [-0.2, -0.15) is 0 Å². The van der Waals surface area contributed by atoms with Crippen molar-refractivity contribution < 1.29 is 13.9 Å². The van der Waals surface area contributed by atoms with Crippen LogP contribution in [0.4, 0.5) is 4.39 Å². The maximum absolute atomic E-state index is 11.9. The number of alkyl halides is 1. The fourth-order valence-corrected chi connectivity index (χ4v) is 2.39. The summed E-state index contributed by atoms with van der Waals surface area (Å²) >= 11 is 1.63. The molecule has 2 nitrogen and oxygen atoms in total. The van der Waals surface area contributed by atoms with Gasteiger partial charge in [-0.25, -0.2) is 0 Å². The van der Waals surface area contributed by atoms with E-state index in [-0.39, 0.29) is 17.9 Å². The smallest absolute Gasteiger partial charge is 0.319 e. The Kier molecular flexibility index (Phi) is 10.7. The Balaban J connectivity index is 3.70. The van der Waals surface area contributed by atoms with Gasteiger partial charge in [-0.15, -0.1) is 11.8 Å². The van der Waals surface area contributed by atoms with Crippen LogP contribution < -0.4 is 0 Å². The van der Waals surface area contributed by atoms with Gasteiger partial charge in [0.05, 0.1) is 13.3 Å². The predicted octanol–water partition coefficient (Wildman–Crippen LogP) is 3.84. The molecule has 0 rings (SSSR count). The van der Waals surface area contributed by atoms with E-state index in [4.69, 9.17) is 4.74 Å². The van der Waals surface area contributed by atoms with Crippen molar-refractivity contribution in [2.24, 2.45) is 5.92 Å². The molecule has 1 unspecified atom stereocenters. The molecule has 0 N–H and O–H groups in total. The molecule has 0 aromatic carbocycles. The highest BCUT2D eigenvalue weighted by Gasteiger charge is 2.18. The van der Waals surface area contributed by atoms with Crippen LogP contribution >= 0.6 is 11.8 Å². The molecule has 0 fully saturated rings. The number of rotatable bonds is 10. The standard InChI is InChI=1S/C13H25FO2S/c1-4-12(13(15)16-10-11(2)3)17-9-7-5-6-8-14/h11-12H,4-10H2,1-3H3. The van der Waals surface area contributed by atoms with E-state index in [2.05, 4.69) is 0 Å². The average molecular weight is 264 g/mol. The summed E-state index contributed by atoms with van der Waals surface area (Å²) in [6, 6.07) is 0. The van der Waals surface area contributed by atoms with Crippen molar-refractivity contribution >= 4 is 17.7 Å².